The first-order chi connectivity index (χ1) is 10.2. The Kier molecular flexibility index (Phi) is 6.27. The van der Waals surface area contributed by atoms with Crippen LogP contribution in [0.1, 0.15) is 11.1 Å². The molecule has 0 heterocycles. The second kappa shape index (κ2) is 8.20. The molecule has 0 bridgehead atoms. The standard InChI is InChI=1S/C17H17BrClNO/c18-15(12-14-8-4-5-9-16(14)19)17(21)20-11-10-13-6-2-1-3-7-13/h1-9,15H,10-12H2,(H,20,21). The highest BCUT2D eigenvalue weighted by atomic mass is 79.9. The minimum Gasteiger partial charge on any atom is -0.355 e. The van der Waals surface area contributed by atoms with E-state index in [2.05, 4.69) is 33.4 Å². The number of amides is 1. The van der Waals surface area contributed by atoms with E-state index in [1.165, 1.54) is 5.56 Å². The normalized spacial score (nSPS) is 11.9. The van der Waals surface area contributed by atoms with E-state index in [-0.39, 0.29) is 10.7 Å². The van der Waals surface area contributed by atoms with Crippen LogP contribution in [0.15, 0.2) is 54.6 Å². The predicted octanol–water partition coefficient (Wildman–Crippen LogP) is 4.00. The van der Waals surface area contributed by atoms with Crippen molar-refractivity contribution >= 4 is 33.4 Å². The molecule has 0 aliphatic heterocycles. The van der Waals surface area contributed by atoms with Crippen molar-refractivity contribution < 1.29 is 4.79 Å². The summed E-state index contributed by atoms with van der Waals surface area (Å²) in [5, 5.41) is 3.64. The lowest BCUT2D eigenvalue weighted by molar-refractivity contribution is -0.120. The van der Waals surface area contributed by atoms with Crippen molar-refractivity contribution in [3.05, 3.63) is 70.7 Å². The third-order valence-electron chi connectivity index (χ3n) is 3.20. The van der Waals surface area contributed by atoms with Crippen LogP contribution >= 0.6 is 27.5 Å². The summed E-state index contributed by atoms with van der Waals surface area (Å²) < 4.78 is 0. The number of rotatable bonds is 6. The topological polar surface area (TPSA) is 29.1 Å². The molecular formula is C17H17BrClNO. The van der Waals surface area contributed by atoms with Crippen LogP contribution in [0.3, 0.4) is 0 Å². The van der Waals surface area contributed by atoms with Gasteiger partial charge in [0.05, 0.1) is 4.83 Å². The molecule has 21 heavy (non-hydrogen) atoms. The third kappa shape index (κ3) is 5.18. The highest BCUT2D eigenvalue weighted by Gasteiger charge is 2.16. The minimum absolute atomic E-state index is 0.00847. The molecular weight excluding hydrogens is 350 g/mol. The Labute approximate surface area is 138 Å². The van der Waals surface area contributed by atoms with Gasteiger partial charge in [-0.3, -0.25) is 4.79 Å². The van der Waals surface area contributed by atoms with E-state index in [0.717, 1.165) is 12.0 Å². The van der Waals surface area contributed by atoms with Crippen LogP contribution in [-0.4, -0.2) is 17.3 Å². The van der Waals surface area contributed by atoms with Gasteiger partial charge in [0, 0.05) is 11.6 Å². The number of benzene rings is 2. The van der Waals surface area contributed by atoms with E-state index in [1.54, 1.807) is 0 Å². The fourth-order valence-corrected chi connectivity index (χ4v) is 2.76. The molecule has 0 aromatic heterocycles. The van der Waals surface area contributed by atoms with E-state index in [4.69, 9.17) is 11.6 Å². The number of carbonyl (C=O) groups excluding carboxylic acids is 1. The quantitative estimate of drug-likeness (QED) is 0.769. The predicted molar refractivity (Wildman–Crippen MR) is 91.0 cm³/mol. The number of nitrogens with one attached hydrogen (secondary N) is 1. The van der Waals surface area contributed by atoms with Crippen LogP contribution in [-0.2, 0) is 17.6 Å². The van der Waals surface area contributed by atoms with Gasteiger partial charge in [0.1, 0.15) is 0 Å². The fraction of sp³-hybridized carbons (Fsp3) is 0.235. The maximum atomic E-state index is 12.0. The second-order valence-corrected chi connectivity index (χ2v) is 6.30. The van der Waals surface area contributed by atoms with Gasteiger partial charge in [-0.25, -0.2) is 0 Å². The van der Waals surface area contributed by atoms with Gasteiger partial charge in [0.2, 0.25) is 5.91 Å². The fourth-order valence-electron chi connectivity index (χ4n) is 2.04. The van der Waals surface area contributed by atoms with Crippen molar-refractivity contribution in [2.75, 3.05) is 6.54 Å². The Morgan fingerprint density at radius 1 is 1.10 bits per heavy atom. The molecule has 4 heteroatoms. The smallest absolute Gasteiger partial charge is 0.234 e. The molecule has 1 atom stereocenters. The molecule has 0 saturated carbocycles. The van der Waals surface area contributed by atoms with E-state index in [1.807, 2.05) is 42.5 Å². The average molecular weight is 367 g/mol. The number of hydrogen-bond donors (Lipinski definition) is 1. The molecule has 110 valence electrons. The van der Waals surface area contributed by atoms with Crippen LogP contribution < -0.4 is 5.32 Å². The zero-order chi connectivity index (χ0) is 15.1. The molecule has 0 aliphatic rings. The lowest BCUT2D eigenvalue weighted by atomic mass is 10.1. The first-order valence-corrected chi connectivity index (χ1v) is 8.15. The SMILES string of the molecule is O=C(NCCc1ccccc1)C(Br)Cc1ccccc1Cl. The van der Waals surface area contributed by atoms with Crippen molar-refractivity contribution in [3.8, 4) is 0 Å². The molecule has 0 radical (unpaired) electrons. The summed E-state index contributed by atoms with van der Waals surface area (Å²) in [4.78, 5) is 11.8. The second-order valence-electron chi connectivity index (χ2n) is 4.79. The van der Waals surface area contributed by atoms with Gasteiger partial charge < -0.3 is 5.32 Å². The highest BCUT2D eigenvalue weighted by molar-refractivity contribution is 9.10. The molecule has 2 nitrogen and oxygen atoms in total. The summed E-state index contributed by atoms with van der Waals surface area (Å²) in [6, 6.07) is 17.7. The maximum Gasteiger partial charge on any atom is 0.234 e. The number of halogens is 2. The van der Waals surface area contributed by atoms with Crippen molar-refractivity contribution in [3.63, 3.8) is 0 Å². The van der Waals surface area contributed by atoms with E-state index in [9.17, 15) is 4.79 Å². The Morgan fingerprint density at radius 2 is 1.76 bits per heavy atom. The largest absolute Gasteiger partial charge is 0.355 e. The monoisotopic (exact) mass is 365 g/mol. The van der Waals surface area contributed by atoms with Gasteiger partial charge in [-0.05, 0) is 30.0 Å². The Bertz CT molecular complexity index is 588. The zero-order valence-electron chi connectivity index (χ0n) is 11.6. The molecule has 1 N–H and O–H groups in total. The summed E-state index contributed by atoms with van der Waals surface area (Å²) in [5.74, 6) is -0.00847. The minimum atomic E-state index is -0.270. The molecule has 2 rings (SSSR count). The summed E-state index contributed by atoms with van der Waals surface area (Å²) in [5.41, 5.74) is 2.19. The summed E-state index contributed by atoms with van der Waals surface area (Å²) >= 11 is 9.53. The Balaban J connectivity index is 1.79. The van der Waals surface area contributed by atoms with Gasteiger partial charge in [-0.1, -0.05) is 76.1 Å². The highest BCUT2D eigenvalue weighted by Crippen LogP contribution is 2.19. The van der Waals surface area contributed by atoms with Crippen molar-refractivity contribution in [2.24, 2.45) is 0 Å². The first-order valence-electron chi connectivity index (χ1n) is 6.86. The Morgan fingerprint density at radius 3 is 2.48 bits per heavy atom. The summed E-state index contributed by atoms with van der Waals surface area (Å²) in [7, 11) is 0. The van der Waals surface area contributed by atoms with Crippen molar-refractivity contribution in [1.29, 1.82) is 0 Å². The van der Waals surface area contributed by atoms with Gasteiger partial charge in [0.25, 0.3) is 0 Å². The van der Waals surface area contributed by atoms with Gasteiger partial charge >= 0.3 is 0 Å². The molecule has 1 amide bonds. The number of hydrogen-bond acceptors (Lipinski definition) is 1. The van der Waals surface area contributed by atoms with Crippen LogP contribution in [0.4, 0.5) is 0 Å². The molecule has 2 aromatic carbocycles. The maximum absolute atomic E-state index is 12.0. The lowest BCUT2D eigenvalue weighted by Crippen LogP contribution is -2.33. The molecule has 0 saturated heterocycles. The van der Waals surface area contributed by atoms with Gasteiger partial charge in [-0.15, -0.1) is 0 Å². The van der Waals surface area contributed by atoms with Crippen LogP contribution in [0.25, 0.3) is 0 Å². The number of alkyl halides is 1. The van der Waals surface area contributed by atoms with Gasteiger partial charge in [-0.2, -0.15) is 0 Å². The summed E-state index contributed by atoms with van der Waals surface area (Å²) in [6.07, 6.45) is 1.41. The third-order valence-corrected chi connectivity index (χ3v) is 4.31. The zero-order valence-corrected chi connectivity index (χ0v) is 13.9. The van der Waals surface area contributed by atoms with E-state index < -0.39 is 0 Å². The van der Waals surface area contributed by atoms with E-state index in [0.29, 0.717) is 18.0 Å². The van der Waals surface area contributed by atoms with Crippen molar-refractivity contribution in [2.45, 2.75) is 17.7 Å². The lowest BCUT2D eigenvalue weighted by Gasteiger charge is -2.12. The van der Waals surface area contributed by atoms with Crippen LogP contribution in [0, 0.1) is 0 Å². The number of carbonyl (C=O) groups is 1. The molecule has 2 aromatic rings. The molecule has 0 fully saturated rings. The first kappa shape index (κ1) is 16.1. The summed E-state index contributed by atoms with van der Waals surface area (Å²) in [6.45, 7) is 0.632. The van der Waals surface area contributed by atoms with Crippen molar-refractivity contribution in [1.82, 2.24) is 5.32 Å². The average Bonchev–Trinajstić information content (AvgIpc) is 2.50. The Hall–Kier alpha value is -1.32. The van der Waals surface area contributed by atoms with Crippen LogP contribution in [0.5, 0.6) is 0 Å². The molecule has 0 aliphatic carbocycles. The van der Waals surface area contributed by atoms with Crippen LogP contribution in [0.2, 0.25) is 5.02 Å². The molecule has 0 spiro atoms. The van der Waals surface area contributed by atoms with E-state index >= 15 is 0 Å². The molecule has 1 unspecified atom stereocenters. The van der Waals surface area contributed by atoms with Gasteiger partial charge in [0.15, 0.2) is 0 Å².